The highest BCUT2D eigenvalue weighted by Crippen LogP contribution is 2.35. The number of ether oxygens (including phenoxy) is 2. The molecule has 1 N–H and O–H groups in total. The second kappa shape index (κ2) is 5.65. The highest BCUT2D eigenvalue weighted by atomic mass is 32.2. The first-order valence-electron chi connectivity index (χ1n) is 8.18. The van der Waals surface area contributed by atoms with Crippen molar-refractivity contribution in [2.45, 2.75) is 48.7 Å². The van der Waals surface area contributed by atoms with E-state index in [4.69, 9.17) is 9.47 Å². The Balaban J connectivity index is 1.59. The van der Waals surface area contributed by atoms with Gasteiger partial charge >= 0.3 is 0 Å². The summed E-state index contributed by atoms with van der Waals surface area (Å²) in [5.41, 5.74) is 0. The Kier molecular flexibility index (Phi) is 3.74. The lowest BCUT2D eigenvalue weighted by Crippen LogP contribution is -2.48. The monoisotopic (exact) mass is 338 g/mol. The first-order valence-corrected chi connectivity index (χ1v) is 9.62. The second-order valence-electron chi connectivity index (χ2n) is 6.59. The predicted molar refractivity (Wildman–Crippen MR) is 85.3 cm³/mol. The van der Waals surface area contributed by atoms with E-state index in [1.165, 1.54) is 0 Å². The van der Waals surface area contributed by atoms with Crippen molar-refractivity contribution in [1.82, 2.24) is 9.62 Å². The third-order valence-corrected chi connectivity index (χ3v) is 7.06. The smallest absolute Gasteiger partial charge is 0.243 e. The summed E-state index contributed by atoms with van der Waals surface area (Å²) in [5, 5.41) is 3.55. The Hall–Kier alpha value is -1.31. The number of benzene rings is 1. The maximum absolute atomic E-state index is 13.0. The van der Waals surface area contributed by atoms with Gasteiger partial charge in [0.25, 0.3) is 0 Å². The number of sulfonamides is 1. The van der Waals surface area contributed by atoms with Gasteiger partial charge in [-0.1, -0.05) is 0 Å². The number of rotatable bonds is 3. The molecule has 0 spiro atoms. The molecule has 23 heavy (non-hydrogen) atoms. The van der Waals surface area contributed by atoms with Crippen LogP contribution in [0.1, 0.15) is 25.7 Å². The van der Waals surface area contributed by atoms with Crippen LogP contribution in [0.4, 0.5) is 0 Å². The van der Waals surface area contributed by atoms with Crippen molar-refractivity contribution in [3.05, 3.63) is 18.2 Å². The van der Waals surface area contributed by atoms with Crippen molar-refractivity contribution in [1.29, 1.82) is 0 Å². The number of fused-ring (bicyclic) bond motifs is 3. The number of nitrogens with one attached hydrogen (secondary N) is 1. The second-order valence-corrected chi connectivity index (χ2v) is 8.59. The lowest BCUT2D eigenvalue weighted by Gasteiger charge is -2.35. The van der Waals surface area contributed by atoms with Crippen LogP contribution in [0, 0.1) is 0 Å². The minimum Gasteiger partial charge on any atom is -0.486 e. The van der Waals surface area contributed by atoms with Crippen molar-refractivity contribution in [3.8, 4) is 11.5 Å². The van der Waals surface area contributed by atoms with E-state index in [0.29, 0.717) is 36.8 Å². The first kappa shape index (κ1) is 15.2. The molecule has 1 aromatic rings. The lowest BCUT2D eigenvalue weighted by atomic mass is 10.0. The zero-order valence-corrected chi connectivity index (χ0v) is 14.0. The minimum atomic E-state index is -3.52. The third-order valence-electron chi connectivity index (χ3n) is 5.15. The number of hydrogen-bond donors (Lipinski definition) is 1. The van der Waals surface area contributed by atoms with Gasteiger partial charge in [-0.05, 0) is 37.8 Å². The molecule has 3 aliphatic heterocycles. The normalized spacial score (nSPS) is 29.7. The van der Waals surface area contributed by atoms with E-state index >= 15 is 0 Å². The Morgan fingerprint density at radius 3 is 2.43 bits per heavy atom. The van der Waals surface area contributed by atoms with Crippen LogP contribution >= 0.6 is 0 Å². The highest BCUT2D eigenvalue weighted by Gasteiger charge is 2.39. The van der Waals surface area contributed by atoms with E-state index < -0.39 is 10.0 Å². The van der Waals surface area contributed by atoms with Crippen molar-refractivity contribution < 1.29 is 17.9 Å². The molecule has 0 radical (unpaired) electrons. The summed E-state index contributed by atoms with van der Waals surface area (Å²) < 4.78 is 38.4. The van der Waals surface area contributed by atoms with Crippen LogP contribution in [0.25, 0.3) is 0 Å². The van der Waals surface area contributed by atoms with Gasteiger partial charge in [0.05, 0.1) is 4.90 Å². The maximum atomic E-state index is 13.0. The van der Waals surface area contributed by atoms with Crippen LogP contribution in [0.3, 0.4) is 0 Å². The zero-order chi connectivity index (χ0) is 16.0. The molecule has 4 rings (SSSR count). The minimum absolute atomic E-state index is 0.0620. The summed E-state index contributed by atoms with van der Waals surface area (Å²) >= 11 is 0. The van der Waals surface area contributed by atoms with Crippen molar-refractivity contribution in [2.24, 2.45) is 0 Å². The van der Waals surface area contributed by atoms with Crippen LogP contribution in [-0.2, 0) is 10.0 Å². The van der Waals surface area contributed by atoms with Gasteiger partial charge in [0.1, 0.15) is 13.2 Å². The van der Waals surface area contributed by atoms with Crippen molar-refractivity contribution >= 4 is 10.0 Å². The standard InChI is InChI=1S/C16H22N2O4S/c1-18(13-8-11-2-3-12(9-13)17-11)23(19,20)14-4-5-15-16(10-14)22-7-6-21-15/h4-5,10-13,17H,2-3,6-9H2,1H3. The van der Waals surface area contributed by atoms with Crippen LogP contribution in [0.5, 0.6) is 11.5 Å². The molecule has 3 heterocycles. The Morgan fingerprint density at radius 2 is 1.74 bits per heavy atom. The van der Waals surface area contributed by atoms with Gasteiger partial charge < -0.3 is 14.8 Å². The van der Waals surface area contributed by atoms with Gasteiger partial charge in [0.2, 0.25) is 10.0 Å². The van der Waals surface area contributed by atoms with Gasteiger partial charge in [-0.25, -0.2) is 8.42 Å². The third kappa shape index (κ3) is 2.70. The Morgan fingerprint density at radius 1 is 1.09 bits per heavy atom. The molecule has 0 aliphatic carbocycles. The van der Waals surface area contributed by atoms with Gasteiger partial charge in [-0.15, -0.1) is 0 Å². The van der Waals surface area contributed by atoms with Gasteiger partial charge in [-0.2, -0.15) is 4.31 Å². The summed E-state index contributed by atoms with van der Waals surface area (Å²) in [5.74, 6) is 1.12. The average Bonchev–Trinajstić information content (AvgIpc) is 2.91. The fourth-order valence-corrected chi connectivity index (χ4v) is 5.26. The zero-order valence-electron chi connectivity index (χ0n) is 13.2. The molecule has 0 amide bonds. The van der Waals surface area contributed by atoms with Crippen LogP contribution < -0.4 is 14.8 Å². The molecule has 2 bridgehead atoms. The number of nitrogens with zero attached hydrogens (tertiary/aromatic N) is 1. The van der Waals surface area contributed by atoms with E-state index in [1.54, 1.807) is 29.6 Å². The molecule has 2 saturated heterocycles. The van der Waals surface area contributed by atoms with E-state index in [9.17, 15) is 8.42 Å². The average molecular weight is 338 g/mol. The molecule has 2 atom stereocenters. The SMILES string of the molecule is CN(C1CC2CCC(C1)N2)S(=O)(=O)c1ccc2c(c1)OCCO2. The number of piperidine rings is 1. The molecule has 2 unspecified atom stereocenters. The summed E-state index contributed by atoms with van der Waals surface area (Å²) in [4.78, 5) is 0.273. The fraction of sp³-hybridized carbons (Fsp3) is 0.625. The summed E-state index contributed by atoms with van der Waals surface area (Å²) in [6, 6.07) is 5.84. The molecule has 0 saturated carbocycles. The largest absolute Gasteiger partial charge is 0.486 e. The quantitative estimate of drug-likeness (QED) is 0.901. The highest BCUT2D eigenvalue weighted by molar-refractivity contribution is 7.89. The Labute approximate surface area is 136 Å². The summed E-state index contributed by atoms with van der Waals surface area (Å²) in [7, 11) is -1.83. The molecule has 3 aliphatic rings. The van der Waals surface area contributed by atoms with Gasteiger partial charge in [0.15, 0.2) is 11.5 Å². The lowest BCUT2D eigenvalue weighted by molar-refractivity contribution is 0.171. The molecule has 0 aromatic heterocycles. The van der Waals surface area contributed by atoms with Gasteiger partial charge in [0, 0.05) is 31.2 Å². The van der Waals surface area contributed by atoms with Crippen molar-refractivity contribution in [2.75, 3.05) is 20.3 Å². The molecule has 126 valence electrons. The fourth-order valence-electron chi connectivity index (χ4n) is 3.87. The molecule has 6 nitrogen and oxygen atoms in total. The van der Waals surface area contributed by atoms with E-state index in [2.05, 4.69) is 5.32 Å². The topological polar surface area (TPSA) is 67.9 Å². The van der Waals surface area contributed by atoms with E-state index in [1.807, 2.05) is 0 Å². The van der Waals surface area contributed by atoms with Gasteiger partial charge in [-0.3, -0.25) is 0 Å². The van der Waals surface area contributed by atoms with Crippen LogP contribution in [0.2, 0.25) is 0 Å². The molecular weight excluding hydrogens is 316 g/mol. The summed E-state index contributed by atoms with van der Waals surface area (Å²) in [6.07, 6.45) is 4.08. The molecule has 2 fully saturated rings. The Bertz CT molecular complexity index is 694. The number of hydrogen-bond acceptors (Lipinski definition) is 5. The van der Waals surface area contributed by atoms with Crippen molar-refractivity contribution in [3.63, 3.8) is 0 Å². The molecule has 7 heteroatoms. The summed E-state index contributed by atoms with van der Waals surface area (Å²) in [6.45, 7) is 0.945. The predicted octanol–water partition coefficient (Wildman–Crippen LogP) is 1.36. The molecule has 1 aromatic carbocycles. The van der Waals surface area contributed by atoms with Crippen LogP contribution in [-0.4, -0.2) is 51.1 Å². The maximum Gasteiger partial charge on any atom is 0.243 e. The molecular formula is C16H22N2O4S. The van der Waals surface area contributed by atoms with E-state index in [-0.39, 0.29) is 10.9 Å². The van der Waals surface area contributed by atoms with E-state index in [0.717, 1.165) is 25.7 Å². The first-order chi connectivity index (χ1) is 11.0. The van der Waals surface area contributed by atoms with Crippen LogP contribution in [0.15, 0.2) is 23.1 Å².